The lowest BCUT2D eigenvalue weighted by atomic mass is 9.92. The van der Waals surface area contributed by atoms with E-state index in [-0.39, 0.29) is 5.41 Å². The van der Waals surface area contributed by atoms with E-state index in [0.29, 0.717) is 5.84 Å². The first kappa shape index (κ1) is 7.06. The molecule has 0 bridgehead atoms. The number of allylic oxidation sites excluding steroid dienone is 2. The van der Waals surface area contributed by atoms with Crippen molar-refractivity contribution in [3.8, 4) is 0 Å². The summed E-state index contributed by atoms with van der Waals surface area (Å²) >= 11 is 0. The quantitative estimate of drug-likeness (QED) is 0.538. The van der Waals surface area contributed by atoms with E-state index in [4.69, 9.17) is 5.73 Å². The summed E-state index contributed by atoms with van der Waals surface area (Å²) in [6.07, 6.45) is 7.58. The van der Waals surface area contributed by atoms with Crippen molar-refractivity contribution >= 4 is 5.84 Å². The normalized spacial score (nSPS) is 22.0. The number of amidine groups is 1. The lowest BCUT2D eigenvalue weighted by Crippen LogP contribution is -2.29. The molecule has 0 unspecified atom stereocenters. The molecular formula is C8H12N2. The van der Waals surface area contributed by atoms with Gasteiger partial charge in [-0.25, -0.2) is 4.99 Å². The highest BCUT2D eigenvalue weighted by atomic mass is 14.9. The molecule has 0 spiro atoms. The van der Waals surface area contributed by atoms with Gasteiger partial charge in [0.1, 0.15) is 5.84 Å². The molecule has 0 saturated carbocycles. The van der Waals surface area contributed by atoms with E-state index in [1.165, 1.54) is 0 Å². The third-order valence-electron chi connectivity index (χ3n) is 1.58. The lowest BCUT2D eigenvalue weighted by molar-refractivity contribution is 0.670. The molecule has 0 aliphatic carbocycles. The molecule has 0 aromatic rings. The molecule has 0 amide bonds. The second-order valence-corrected chi connectivity index (χ2v) is 2.94. The van der Waals surface area contributed by atoms with E-state index in [9.17, 15) is 0 Å². The number of hydrogen-bond donors (Lipinski definition) is 1. The summed E-state index contributed by atoms with van der Waals surface area (Å²) in [5.74, 6) is 0.664. The van der Waals surface area contributed by atoms with Crippen molar-refractivity contribution in [1.82, 2.24) is 0 Å². The molecule has 10 heavy (non-hydrogen) atoms. The Morgan fingerprint density at radius 1 is 1.40 bits per heavy atom. The van der Waals surface area contributed by atoms with Crippen molar-refractivity contribution in [1.29, 1.82) is 0 Å². The summed E-state index contributed by atoms with van der Waals surface area (Å²) in [5, 5.41) is 0. The number of aliphatic imine (C=N–C) groups is 1. The van der Waals surface area contributed by atoms with Crippen LogP contribution >= 0.6 is 0 Å². The molecule has 0 fully saturated rings. The van der Waals surface area contributed by atoms with E-state index in [1.807, 2.05) is 32.1 Å². The maximum Gasteiger partial charge on any atom is 0.108 e. The molecule has 0 aromatic heterocycles. The highest BCUT2D eigenvalue weighted by Gasteiger charge is 2.18. The molecule has 0 saturated heterocycles. The van der Waals surface area contributed by atoms with Crippen LogP contribution in [-0.2, 0) is 0 Å². The Morgan fingerprint density at radius 2 is 2.10 bits per heavy atom. The van der Waals surface area contributed by atoms with E-state index in [2.05, 4.69) is 4.99 Å². The first-order chi connectivity index (χ1) is 4.63. The van der Waals surface area contributed by atoms with Crippen molar-refractivity contribution < 1.29 is 0 Å². The molecule has 0 atom stereocenters. The molecule has 1 heterocycles. The molecule has 2 heteroatoms. The van der Waals surface area contributed by atoms with E-state index < -0.39 is 0 Å². The van der Waals surface area contributed by atoms with Crippen LogP contribution in [0.3, 0.4) is 0 Å². The fraction of sp³-hybridized carbons (Fsp3) is 0.375. The van der Waals surface area contributed by atoms with Crippen LogP contribution in [-0.4, -0.2) is 5.84 Å². The first-order valence-electron chi connectivity index (χ1n) is 3.31. The van der Waals surface area contributed by atoms with Gasteiger partial charge < -0.3 is 5.73 Å². The molecular weight excluding hydrogens is 124 g/mol. The van der Waals surface area contributed by atoms with Crippen LogP contribution < -0.4 is 5.73 Å². The Kier molecular flexibility index (Phi) is 1.62. The molecule has 2 N–H and O–H groups in total. The maximum absolute atomic E-state index is 5.66. The molecule has 1 aliphatic heterocycles. The fourth-order valence-corrected chi connectivity index (χ4v) is 0.721. The van der Waals surface area contributed by atoms with Crippen molar-refractivity contribution in [2.75, 3.05) is 0 Å². The van der Waals surface area contributed by atoms with Crippen LogP contribution in [0.2, 0.25) is 0 Å². The molecule has 0 radical (unpaired) electrons. The third-order valence-corrected chi connectivity index (χ3v) is 1.58. The molecule has 1 aliphatic rings. The molecule has 0 aromatic carbocycles. The zero-order chi connectivity index (χ0) is 7.61. The van der Waals surface area contributed by atoms with Crippen LogP contribution in [0.5, 0.6) is 0 Å². The first-order valence-corrected chi connectivity index (χ1v) is 3.31. The van der Waals surface area contributed by atoms with Gasteiger partial charge in [0.15, 0.2) is 0 Å². The Balaban J connectivity index is 2.97. The highest BCUT2D eigenvalue weighted by molar-refractivity contribution is 5.88. The van der Waals surface area contributed by atoms with Crippen LogP contribution in [0.15, 0.2) is 29.4 Å². The van der Waals surface area contributed by atoms with Crippen LogP contribution in [0.25, 0.3) is 0 Å². The second kappa shape index (κ2) is 2.29. The van der Waals surface area contributed by atoms with E-state index in [0.717, 1.165) is 0 Å². The zero-order valence-corrected chi connectivity index (χ0v) is 6.33. The Labute approximate surface area is 61.1 Å². The molecule has 54 valence electrons. The average molecular weight is 136 g/mol. The Bertz CT molecular complexity index is 209. The van der Waals surface area contributed by atoms with Gasteiger partial charge in [-0.1, -0.05) is 12.2 Å². The maximum atomic E-state index is 5.66. The van der Waals surface area contributed by atoms with Crippen molar-refractivity contribution in [2.45, 2.75) is 13.8 Å². The topological polar surface area (TPSA) is 38.4 Å². The number of nitrogens with zero attached hydrogens (tertiary/aromatic N) is 1. The Hall–Kier alpha value is -1.05. The van der Waals surface area contributed by atoms with E-state index >= 15 is 0 Å². The van der Waals surface area contributed by atoms with Gasteiger partial charge in [-0.3, -0.25) is 0 Å². The summed E-state index contributed by atoms with van der Waals surface area (Å²) < 4.78 is 0. The minimum atomic E-state index is -0.0938. The van der Waals surface area contributed by atoms with Crippen LogP contribution in [0.1, 0.15) is 13.8 Å². The molecule has 1 rings (SSSR count). The average Bonchev–Trinajstić information content (AvgIpc) is 1.96. The summed E-state index contributed by atoms with van der Waals surface area (Å²) in [7, 11) is 0. The summed E-state index contributed by atoms with van der Waals surface area (Å²) in [6.45, 7) is 4.07. The standard InChI is InChI=1S/C8H12N2/c1-8(2)5-3-4-6-10-7(8)9/h3-6H,1-2H3,(H2,9,10). The minimum Gasteiger partial charge on any atom is -0.386 e. The van der Waals surface area contributed by atoms with E-state index in [1.54, 1.807) is 6.20 Å². The van der Waals surface area contributed by atoms with Gasteiger partial charge >= 0.3 is 0 Å². The van der Waals surface area contributed by atoms with Gasteiger partial charge in [0, 0.05) is 11.6 Å². The smallest absolute Gasteiger partial charge is 0.108 e. The van der Waals surface area contributed by atoms with Crippen molar-refractivity contribution in [3.05, 3.63) is 24.4 Å². The number of hydrogen-bond acceptors (Lipinski definition) is 2. The third kappa shape index (κ3) is 1.26. The zero-order valence-electron chi connectivity index (χ0n) is 6.33. The summed E-state index contributed by atoms with van der Waals surface area (Å²) in [5.41, 5.74) is 5.57. The number of rotatable bonds is 0. The Morgan fingerprint density at radius 3 is 2.80 bits per heavy atom. The van der Waals surface area contributed by atoms with Gasteiger partial charge in [0.2, 0.25) is 0 Å². The fourth-order valence-electron chi connectivity index (χ4n) is 0.721. The van der Waals surface area contributed by atoms with Crippen LogP contribution in [0, 0.1) is 5.41 Å². The van der Waals surface area contributed by atoms with Gasteiger partial charge in [-0.15, -0.1) is 0 Å². The molecule has 2 nitrogen and oxygen atoms in total. The van der Waals surface area contributed by atoms with Gasteiger partial charge in [0.05, 0.1) is 0 Å². The SMILES string of the molecule is CC1(C)C=CC=CN=C1N. The van der Waals surface area contributed by atoms with Crippen molar-refractivity contribution in [2.24, 2.45) is 16.1 Å². The lowest BCUT2D eigenvalue weighted by Gasteiger charge is -2.17. The number of nitrogens with two attached hydrogens (primary N) is 1. The van der Waals surface area contributed by atoms with Crippen LogP contribution in [0.4, 0.5) is 0 Å². The van der Waals surface area contributed by atoms with Gasteiger partial charge in [0.25, 0.3) is 0 Å². The minimum absolute atomic E-state index is 0.0938. The monoisotopic (exact) mass is 136 g/mol. The predicted molar refractivity (Wildman–Crippen MR) is 43.7 cm³/mol. The summed E-state index contributed by atoms with van der Waals surface area (Å²) in [4.78, 5) is 4.03. The van der Waals surface area contributed by atoms with Gasteiger partial charge in [-0.2, -0.15) is 0 Å². The highest BCUT2D eigenvalue weighted by Crippen LogP contribution is 2.18. The summed E-state index contributed by atoms with van der Waals surface area (Å²) in [6, 6.07) is 0. The second-order valence-electron chi connectivity index (χ2n) is 2.94. The van der Waals surface area contributed by atoms with Gasteiger partial charge in [-0.05, 0) is 19.9 Å². The van der Waals surface area contributed by atoms with Crippen molar-refractivity contribution in [3.63, 3.8) is 0 Å². The predicted octanol–water partition coefficient (Wildman–Crippen LogP) is 1.45. The largest absolute Gasteiger partial charge is 0.386 e.